The van der Waals surface area contributed by atoms with E-state index in [0.717, 1.165) is 0 Å². The van der Waals surface area contributed by atoms with Crippen molar-refractivity contribution in [3.05, 3.63) is 34.9 Å². The SMILES string of the molecule is CCN(CCC(O)c1cccc(Cl)c1)CC(F)(F)F. The standard InChI is InChI=1S/C13H17ClF3NO/c1-2-18(9-13(15,16)17)7-6-12(19)10-4-3-5-11(14)8-10/h3-5,8,12,19H,2,6-7,9H2,1H3. The molecule has 1 unspecified atom stereocenters. The first-order chi connectivity index (χ1) is 8.81. The van der Waals surface area contributed by atoms with Crippen molar-refractivity contribution >= 4 is 11.6 Å². The molecule has 6 heteroatoms. The third-order valence-electron chi connectivity index (χ3n) is 2.80. The van der Waals surface area contributed by atoms with Crippen LogP contribution in [0.3, 0.4) is 0 Å². The molecule has 0 spiro atoms. The highest BCUT2D eigenvalue weighted by atomic mass is 35.5. The molecule has 0 fully saturated rings. The van der Waals surface area contributed by atoms with Crippen molar-refractivity contribution in [1.29, 1.82) is 0 Å². The van der Waals surface area contributed by atoms with Gasteiger partial charge in [-0.25, -0.2) is 0 Å². The van der Waals surface area contributed by atoms with Crippen molar-refractivity contribution in [1.82, 2.24) is 4.90 Å². The van der Waals surface area contributed by atoms with Crippen LogP contribution in [0.4, 0.5) is 13.2 Å². The van der Waals surface area contributed by atoms with Crippen LogP contribution >= 0.6 is 11.6 Å². The van der Waals surface area contributed by atoms with Gasteiger partial charge in [0.2, 0.25) is 0 Å². The fraction of sp³-hybridized carbons (Fsp3) is 0.538. The Morgan fingerprint density at radius 1 is 1.37 bits per heavy atom. The van der Waals surface area contributed by atoms with Crippen molar-refractivity contribution in [2.24, 2.45) is 0 Å². The number of hydrogen-bond acceptors (Lipinski definition) is 2. The summed E-state index contributed by atoms with van der Waals surface area (Å²) in [5, 5.41) is 10.4. The normalized spacial score (nSPS) is 13.8. The lowest BCUT2D eigenvalue weighted by molar-refractivity contribution is -0.146. The molecule has 1 atom stereocenters. The van der Waals surface area contributed by atoms with Gasteiger partial charge in [0.1, 0.15) is 0 Å². The molecule has 1 aromatic carbocycles. The quantitative estimate of drug-likeness (QED) is 0.866. The lowest BCUT2D eigenvalue weighted by Gasteiger charge is -2.23. The maximum absolute atomic E-state index is 12.3. The maximum Gasteiger partial charge on any atom is 0.401 e. The van der Waals surface area contributed by atoms with Crippen LogP contribution in [0, 0.1) is 0 Å². The molecular formula is C13H17ClF3NO. The van der Waals surface area contributed by atoms with Gasteiger partial charge in [-0.3, -0.25) is 4.90 Å². The van der Waals surface area contributed by atoms with E-state index in [-0.39, 0.29) is 13.0 Å². The Morgan fingerprint density at radius 2 is 2.05 bits per heavy atom. The summed E-state index contributed by atoms with van der Waals surface area (Å²) in [5.74, 6) is 0. The minimum atomic E-state index is -4.21. The van der Waals surface area contributed by atoms with Gasteiger partial charge in [0.25, 0.3) is 0 Å². The summed E-state index contributed by atoms with van der Waals surface area (Å²) in [4.78, 5) is 1.26. The largest absolute Gasteiger partial charge is 0.401 e. The zero-order chi connectivity index (χ0) is 14.5. The average molecular weight is 296 g/mol. The Morgan fingerprint density at radius 3 is 2.58 bits per heavy atom. The molecule has 0 radical (unpaired) electrons. The molecule has 0 saturated carbocycles. The lowest BCUT2D eigenvalue weighted by Crippen LogP contribution is -2.35. The summed E-state index contributed by atoms with van der Waals surface area (Å²) in [5.41, 5.74) is 0.621. The van der Waals surface area contributed by atoms with Crippen molar-refractivity contribution in [3.63, 3.8) is 0 Å². The van der Waals surface area contributed by atoms with E-state index in [1.54, 1.807) is 31.2 Å². The molecule has 0 aromatic heterocycles. The highest BCUT2D eigenvalue weighted by molar-refractivity contribution is 6.30. The number of aliphatic hydroxyl groups excluding tert-OH is 1. The highest BCUT2D eigenvalue weighted by Gasteiger charge is 2.30. The highest BCUT2D eigenvalue weighted by Crippen LogP contribution is 2.22. The zero-order valence-electron chi connectivity index (χ0n) is 10.6. The van der Waals surface area contributed by atoms with Crippen LogP contribution in [0.1, 0.15) is 25.0 Å². The average Bonchev–Trinajstić information content (AvgIpc) is 2.32. The Kier molecular flexibility index (Phi) is 6.10. The monoisotopic (exact) mass is 295 g/mol. The van der Waals surface area contributed by atoms with E-state index in [0.29, 0.717) is 17.1 Å². The molecule has 0 amide bonds. The first kappa shape index (κ1) is 16.3. The van der Waals surface area contributed by atoms with Crippen molar-refractivity contribution in [3.8, 4) is 0 Å². The van der Waals surface area contributed by atoms with Crippen LogP contribution in [0.25, 0.3) is 0 Å². The molecule has 0 aliphatic rings. The summed E-state index contributed by atoms with van der Waals surface area (Å²) in [7, 11) is 0. The van der Waals surface area contributed by atoms with E-state index in [4.69, 9.17) is 11.6 Å². The van der Waals surface area contributed by atoms with Crippen LogP contribution < -0.4 is 0 Å². The number of nitrogens with zero attached hydrogens (tertiary/aromatic N) is 1. The summed E-state index contributed by atoms with van der Waals surface area (Å²) < 4.78 is 36.8. The van der Waals surface area contributed by atoms with Gasteiger partial charge in [-0.05, 0) is 30.7 Å². The maximum atomic E-state index is 12.3. The van der Waals surface area contributed by atoms with Gasteiger partial charge in [-0.1, -0.05) is 30.7 Å². The van der Waals surface area contributed by atoms with E-state index in [1.807, 2.05) is 0 Å². The summed E-state index contributed by atoms with van der Waals surface area (Å²) >= 11 is 5.80. The van der Waals surface area contributed by atoms with E-state index in [2.05, 4.69) is 0 Å². The molecule has 0 saturated heterocycles. The minimum Gasteiger partial charge on any atom is -0.388 e. The lowest BCUT2D eigenvalue weighted by atomic mass is 10.1. The van der Waals surface area contributed by atoms with Gasteiger partial charge < -0.3 is 5.11 Å². The molecule has 2 nitrogen and oxygen atoms in total. The van der Waals surface area contributed by atoms with E-state index < -0.39 is 18.8 Å². The van der Waals surface area contributed by atoms with Crippen molar-refractivity contribution in [2.45, 2.75) is 25.6 Å². The number of aliphatic hydroxyl groups is 1. The topological polar surface area (TPSA) is 23.5 Å². The van der Waals surface area contributed by atoms with Crippen LogP contribution in [-0.2, 0) is 0 Å². The predicted octanol–water partition coefficient (Wildman–Crippen LogP) is 3.65. The minimum absolute atomic E-state index is 0.184. The second kappa shape index (κ2) is 7.12. The molecule has 0 aliphatic carbocycles. The Balaban J connectivity index is 2.50. The fourth-order valence-corrected chi connectivity index (χ4v) is 1.99. The van der Waals surface area contributed by atoms with Crippen LogP contribution in [0.15, 0.2) is 24.3 Å². The number of halogens is 4. The van der Waals surface area contributed by atoms with Crippen LogP contribution in [0.2, 0.25) is 5.02 Å². The van der Waals surface area contributed by atoms with Crippen LogP contribution in [-0.4, -0.2) is 35.8 Å². The van der Waals surface area contributed by atoms with Crippen LogP contribution in [0.5, 0.6) is 0 Å². The van der Waals surface area contributed by atoms with Gasteiger partial charge in [0.15, 0.2) is 0 Å². The molecule has 108 valence electrons. The third kappa shape index (κ3) is 6.27. The Bertz CT molecular complexity index is 398. The predicted molar refractivity (Wildman–Crippen MR) is 69.2 cm³/mol. The summed E-state index contributed by atoms with van der Waals surface area (Å²) in [6.45, 7) is 1.19. The smallest absolute Gasteiger partial charge is 0.388 e. The summed E-state index contributed by atoms with van der Waals surface area (Å²) in [6.07, 6.45) is -4.78. The van der Waals surface area contributed by atoms with Crippen molar-refractivity contribution < 1.29 is 18.3 Å². The van der Waals surface area contributed by atoms with Gasteiger partial charge in [0.05, 0.1) is 12.6 Å². The van der Waals surface area contributed by atoms with E-state index in [9.17, 15) is 18.3 Å². The second-order valence-electron chi connectivity index (χ2n) is 4.34. The first-order valence-electron chi connectivity index (χ1n) is 6.04. The zero-order valence-corrected chi connectivity index (χ0v) is 11.4. The third-order valence-corrected chi connectivity index (χ3v) is 3.04. The number of hydrogen-bond donors (Lipinski definition) is 1. The molecule has 1 rings (SSSR count). The van der Waals surface area contributed by atoms with Gasteiger partial charge >= 0.3 is 6.18 Å². The number of alkyl halides is 3. The van der Waals surface area contributed by atoms with Gasteiger partial charge in [0, 0.05) is 11.6 Å². The molecule has 19 heavy (non-hydrogen) atoms. The molecular weight excluding hydrogens is 279 g/mol. The fourth-order valence-electron chi connectivity index (χ4n) is 1.79. The molecule has 0 bridgehead atoms. The molecule has 1 N–H and O–H groups in total. The number of rotatable bonds is 6. The Labute approximate surface area is 115 Å². The first-order valence-corrected chi connectivity index (χ1v) is 6.42. The van der Waals surface area contributed by atoms with E-state index in [1.165, 1.54) is 4.90 Å². The Hall–Kier alpha value is -0.780. The summed E-state index contributed by atoms with van der Waals surface area (Å²) in [6, 6.07) is 6.71. The molecule has 0 aliphatic heterocycles. The van der Waals surface area contributed by atoms with Crippen molar-refractivity contribution in [2.75, 3.05) is 19.6 Å². The van der Waals surface area contributed by atoms with Gasteiger partial charge in [-0.15, -0.1) is 0 Å². The van der Waals surface area contributed by atoms with Gasteiger partial charge in [-0.2, -0.15) is 13.2 Å². The van der Waals surface area contributed by atoms with E-state index >= 15 is 0 Å². The second-order valence-corrected chi connectivity index (χ2v) is 4.78. The number of benzene rings is 1. The molecule has 1 aromatic rings. The molecule has 0 heterocycles.